The number of carbonyl (C=O) groups is 1. The molecule has 0 spiro atoms. The van der Waals surface area contributed by atoms with Crippen molar-refractivity contribution in [2.75, 3.05) is 13.1 Å². The summed E-state index contributed by atoms with van der Waals surface area (Å²) < 4.78 is 2.17. The molecule has 1 heterocycles. The lowest BCUT2D eigenvalue weighted by Gasteiger charge is -2.02. The Balaban J connectivity index is 2.39. The highest BCUT2D eigenvalue weighted by atomic mass is 127. The average Bonchev–Trinajstić information content (AvgIpc) is 2.14. The molecular formula is C6H10INO. The van der Waals surface area contributed by atoms with Gasteiger partial charge in [0.2, 0.25) is 0 Å². The van der Waals surface area contributed by atoms with Crippen LogP contribution in [0.25, 0.3) is 0 Å². The zero-order chi connectivity index (χ0) is 6.85. The maximum Gasteiger partial charge on any atom is 0.134 e. The van der Waals surface area contributed by atoms with E-state index >= 15 is 0 Å². The molecular weight excluding hydrogens is 229 g/mol. The van der Waals surface area contributed by atoms with Crippen LogP contribution in [0.2, 0.25) is 0 Å². The Morgan fingerprint density at radius 1 is 1.78 bits per heavy atom. The Morgan fingerprint density at radius 3 is 2.67 bits per heavy atom. The summed E-state index contributed by atoms with van der Waals surface area (Å²) >= 11 is 2.26. The van der Waals surface area contributed by atoms with Crippen molar-refractivity contribution in [3.05, 3.63) is 0 Å². The monoisotopic (exact) mass is 239 g/mol. The molecule has 0 aromatic rings. The average molecular weight is 239 g/mol. The van der Waals surface area contributed by atoms with Crippen molar-refractivity contribution in [2.45, 2.75) is 13.3 Å². The van der Waals surface area contributed by atoms with Gasteiger partial charge >= 0.3 is 0 Å². The molecule has 1 aliphatic heterocycles. The van der Waals surface area contributed by atoms with Gasteiger partial charge in [0, 0.05) is 41.9 Å². The summed E-state index contributed by atoms with van der Waals surface area (Å²) in [5.74, 6) is 0.663. The first kappa shape index (κ1) is 7.47. The molecule has 0 aromatic carbocycles. The molecule has 1 aliphatic rings. The van der Waals surface area contributed by atoms with Gasteiger partial charge in [-0.15, -0.1) is 0 Å². The number of nitrogens with zero attached hydrogens (tertiary/aromatic N) is 1. The topological polar surface area (TPSA) is 20.3 Å². The van der Waals surface area contributed by atoms with Crippen LogP contribution in [0.15, 0.2) is 0 Å². The third kappa shape index (κ3) is 1.89. The van der Waals surface area contributed by atoms with Gasteiger partial charge in [-0.25, -0.2) is 3.11 Å². The molecule has 0 aromatic heterocycles. The Hall–Kier alpha value is 0.360. The first-order valence-corrected chi connectivity index (χ1v) is 4.08. The van der Waals surface area contributed by atoms with Crippen LogP contribution < -0.4 is 0 Å². The number of hydrogen-bond donors (Lipinski definition) is 0. The van der Waals surface area contributed by atoms with Crippen LogP contribution in [0, 0.1) is 5.92 Å². The summed E-state index contributed by atoms with van der Waals surface area (Å²) in [4.78, 5) is 10.8. The van der Waals surface area contributed by atoms with Crippen molar-refractivity contribution in [3.8, 4) is 0 Å². The smallest absolute Gasteiger partial charge is 0.134 e. The second-order valence-electron chi connectivity index (χ2n) is 2.47. The van der Waals surface area contributed by atoms with Crippen molar-refractivity contribution in [3.63, 3.8) is 0 Å². The first-order chi connectivity index (χ1) is 4.20. The number of rotatable bonds is 1. The lowest BCUT2D eigenvalue weighted by atomic mass is 10.1. The molecule has 2 nitrogen and oxygen atoms in total. The Bertz CT molecular complexity index is 126. The molecule has 0 aliphatic carbocycles. The van der Waals surface area contributed by atoms with Crippen molar-refractivity contribution < 1.29 is 4.79 Å². The minimum Gasteiger partial charge on any atom is -0.300 e. The molecule has 0 radical (unpaired) electrons. The van der Waals surface area contributed by atoms with E-state index in [1.165, 1.54) is 0 Å². The number of Topliss-reactive ketones (excluding diaryl/α,β-unsaturated/α-hetero) is 1. The Kier molecular flexibility index (Phi) is 2.46. The van der Waals surface area contributed by atoms with Gasteiger partial charge in [0.05, 0.1) is 0 Å². The van der Waals surface area contributed by atoms with Gasteiger partial charge < -0.3 is 0 Å². The zero-order valence-electron chi connectivity index (χ0n) is 5.43. The Labute approximate surface area is 69.1 Å². The van der Waals surface area contributed by atoms with E-state index in [9.17, 15) is 4.79 Å². The number of hydrogen-bond acceptors (Lipinski definition) is 2. The lowest BCUT2D eigenvalue weighted by molar-refractivity contribution is -0.120. The SMILES string of the molecule is CC(=O)C1CCN(I)C1. The summed E-state index contributed by atoms with van der Waals surface area (Å²) in [6.07, 6.45) is 1.05. The highest BCUT2D eigenvalue weighted by molar-refractivity contribution is 14.1. The summed E-state index contributed by atoms with van der Waals surface area (Å²) in [5.41, 5.74) is 0. The van der Waals surface area contributed by atoms with Gasteiger partial charge in [-0.3, -0.25) is 4.79 Å². The first-order valence-electron chi connectivity index (χ1n) is 3.11. The molecule has 0 amide bonds. The molecule has 52 valence electrons. The summed E-state index contributed by atoms with van der Waals surface area (Å²) in [7, 11) is 0. The molecule has 0 N–H and O–H groups in total. The van der Waals surface area contributed by atoms with E-state index in [4.69, 9.17) is 0 Å². The fourth-order valence-corrected chi connectivity index (χ4v) is 1.80. The highest BCUT2D eigenvalue weighted by Gasteiger charge is 2.23. The van der Waals surface area contributed by atoms with E-state index in [2.05, 4.69) is 26.0 Å². The summed E-state index contributed by atoms with van der Waals surface area (Å²) in [5, 5.41) is 0. The standard InChI is InChI=1S/C6H10INO/c1-5(9)6-2-3-8(7)4-6/h6H,2-4H2,1H3. The van der Waals surface area contributed by atoms with E-state index in [-0.39, 0.29) is 0 Å². The predicted octanol–water partition coefficient (Wildman–Crippen LogP) is 1.25. The fourth-order valence-electron chi connectivity index (χ4n) is 1.05. The van der Waals surface area contributed by atoms with E-state index in [0.29, 0.717) is 11.7 Å². The second kappa shape index (κ2) is 2.96. The zero-order valence-corrected chi connectivity index (χ0v) is 7.59. The summed E-state index contributed by atoms with van der Waals surface area (Å²) in [6, 6.07) is 0. The Morgan fingerprint density at radius 2 is 2.44 bits per heavy atom. The van der Waals surface area contributed by atoms with Crippen molar-refractivity contribution in [1.29, 1.82) is 0 Å². The maximum atomic E-state index is 10.8. The van der Waals surface area contributed by atoms with Gasteiger partial charge in [0.25, 0.3) is 0 Å². The van der Waals surface area contributed by atoms with Crippen molar-refractivity contribution >= 4 is 28.6 Å². The number of carbonyl (C=O) groups excluding carboxylic acids is 1. The van der Waals surface area contributed by atoms with Crippen LogP contribution >= 0.6 is 22.9 Å². The van der Waals surface area contributed by atoms with Crippen LogP contribution in [0.3, 0.4) is 0 Å². The van der Waals surface area contributed by atoms with Crippen LogP contribution in [0.4, 0.5) is 0 Å². The molecule has 1 rings (SSSR count). The largest absolute Gasteiger partial charge is 0.300 e. The van der Waals surface area contributed by atoms with E-state index in [0.717, 1.165) is 19.5 Å². The maximum absolute atomic E-state index is 10.8. The molecule has 9 heavy (non-hydrogen) atoms. The van der Waals surface area contributed by atoms with Gasteiger partial charge in [-0.05, 0) is 13.3 Å². The van der Waals surface area contributed by atoms with Crippen LogP contribution in [-0.4, -0.2) is 22.0 Å². The molecule has 3 heteroatoms. The molecule has 1 fully saturated rings. The van der Waals surface area contributed by atoms with Gasteiger partial charge in [0.15, 0.2) is 0 Å². The molecule has 1 atom stereocenters. The van der Waals surface area contributed by atoms with E-state index in [1.807, 2.05) is 0 Å². The fraction of sp³-hybridized carbons (Fsp3) is 0.833. The normalized spacial score (nSPS) is 28.9. The highest BCUT2D eigenvalue weighted by Crippen LogP contribution is 2.19. The van der Waals surface area contributed by atoms with E-state index in [1.54, 1.807) is 6.92 Å². The van der Waals surface area contributed by atoms with Crippen LogP contribution in [0.5, 0.6) is 0 Å². The van der Waals surface area contributed by atoms with Crippen LogP contribution in [0.1, 0.15) is 13.3 Å². The van der Waals surface area contributed by atoms with E-state index < -0.39 is 0 Å². The quantitative estimate of drug-likeness (QED) is 0.507. The predicted molar refractivity (Wildman–Crippen MR) is 44.4 cm³/mol. The third-order valence-corrected chi connectivity index (χ3v) is 2.59. The number of halogens is 1. The molecule has 0 saturated carbocycles. The molecule has 1 saturated heterocycles. The van der Waals surface area contributed by atoms with Crippen LogP contribution in [-0.2, 0) is 4.79 Å². The number of ketones is 1. The molecule has 0 bridgehead atoms. The third-order valence-electron chi connectivity index (χ3n) is 1.71. The molecule has 1 unspecified atom stereocenters. The van der Waals surface area contributed by atoms with Crippen molar-refractivity contribution in [1.82, 2.24) is 3.11 Å². The van der Waals surface area contributed by atoms with Gasteiger partial charge in [0.1, 0.15) is 5.78 Å². The second-order valence-corrected chi connectivity index (χ2v) is 3.83. The van der Waals surface area contributed by atoms with Crippen molar-refractivity contribution in [2.24, 2.45) is 5.92 Å². The lowest BCUT2D eigenvalue weighted by Crippen LogP contribution is -2.13. The summed E-state index contributed by atoms with van der Waals surface area (Å²) in [6.45, 7) is 3.71. The van der Waals surface area contributed by atoms with Gasteiger partial charge in [-0.1, -0.05) is 0 Å². The minimum atomic E-state index is 0.321. The minimum absolute atomic E-state index is 0.321. The van der Waals surface area contributed by atoms with Gasteiger partial charge in [-0.2, -0.15) is 0 Å².